The van der Waals surface area contributed by atoms with Gasteiger partial charge in [-0.15, -0.1) is 0 Å². The van der Waals surface area contributed by atoms with Gasteiger partial charge in [0.1, 0.15) is 21.8 Å². The van der Waals surface area contributed by atoms with Gasteiger partial charge in [0, 0.05) is 31.7 Å². The van der Waals surface area contributed by atoms with Gasteiger partial charge in [-0.05, 0) is 55.7 Å². The monoisotopic (exact) mass is 564 g/mol. The van der Waals surface area contributed by atoms with Crippen molar-refractivity contribution in [2.45, 2.75) is 52.5 Å². The van der Waals surface area contributed by atoms with Crippen LogP contribution in [0, 0.1) is 24.2 Å². The molecule has 0 saturated carbocycles. The van der Waals surface area contributed by atoms with E-state index in [9.17, 15) is 19.6 Å². The Kier molecular flexibility index (Phi) is 9.25. The highest BCUT2D eigenvalue weighted by atomic mass is 32.2. The number of benzene rings is 1. The number of piperidine rings is 1. The third-order valence-electron chi connectivity index (χ3n) is 7.27. The summed E-state index contributed by atoms with van der Waals surface area (Å²) in [6.07, 6.45) is 5.17. The zero-order valence-corrected chi connectivity index (χ0v) is 23.8. The Balaban J connectivity index is 1.71. The van der Waals surface area contributed by atoms with Gasteiger partial charge in [-0.3, -0.25) is 23.9 Å². The van der Waals surface area contributed by atoms with E-state index < -0.39 is 5.97 Å². The van der Waals surface area contributed by atoms with Crippen LogP contribution in [0.15, 0.2) is 40.0 Å². The van der Waals surface area contributed by atoms with Crippen LogP contribution in [0.1, 0.15) is 54.9 Å². The molecule has 2 saturated heterocycles. The first kappa shape index (κ1) is 28.6. The Morgan fingerprint density at radius 1 is 1.21 bits per heavy atom. The summed E-state index contributed by atoms with van der Waals surface area (Å²) < 4.78 is 1.98. The van der Waals surface area contributed by atoms with E-state index in [4.69, 9.17) is 17.3 Å². The molecule has 2 aromatic rings. The Morgan fingerprint density at radius 3 is 2.51 bits per heavy atom. The number of nitriles is 1. The second-order valence-corrected chi connectivity index (χ2v) is 11.6. The molecule has 0 unspecified atom stereocenters. The first-order chi connectivity index (χ1) is 18.7. The maximum absolute atomic E-state index is 13.4. The van der Waals surface area contributed by atoms with Crippen molar-refractivity contribution in [1.82, 2.24) is 9.47 Å². The molecule has 1 amide bonds. The topological polar surface area (TPSA) is 107 Å². The average molecular weight is 565 g/mol. The number of pyridine rings is 1. The average Bonchev–Trinajstić information content (AvgIpc) is 3.19. The number of aliphatic carboxylic acids is 1. The lowest BCUT2D eigenvalue weighted by Gasteiger charge is -2.36. The minimum atomic E-state index is -1.01. The molecule has 2 aliphatic rings. The standard InChI is InChI=1S/C29H32N4O4S2/c1-3-12-32-26(31-13-9-21(10-14-31)16-20-7-5-4-6-8-20)22(19(2)23(18-30)27(32)36)17-24-28(37)33(29(38)39-24)15-11-25(34)35/h4-8,17,21H,3,9-16H2,1-2H3,(H,34,35)/b24-17+. The van der Waals surface area contributed by atoms with Gasteiger partial charge in [0.2, 0.25) is 0 Å². The first-order valence-electron chi connectivity index (χ1n) is 13.2. The van der Waals surface area contributed by atoms with Crippen LogP contribution in [0.5, 0.6) is 0 Å². The Bertz CT molecular complexity index is 1400. The predicted molar refractivity (Wildman–Crippen MR) is 158 cm³/mol. The van der Waals surface area contributed by atoms with Gasteiger partial charge in [-0.25, -0.2) is 0 Å². The van der Waals surface area contributed by atoms with Gasteiger partial charge in [0.15, 0.2) is 0 Å². The van der Waals surface area contributed by atoms with Gasteiger partial charge in [-0.2, -0.15) is 5.26 Å². The number of carbonyl (C=O) groups excluding carboxylic acids is 1. The second kappa shape index (κ2) is 12.6. The van der Waals surface area contributed by atoms with Crippen molar-refractivity contribution in [3.63, 3.8) is 0 Å². The van der Waals surface area contributed by atoms with Crippen LogP contribution in [-0.4, -0.2) is 50.4 Å². The molecule has 2 fully saturated rings. The third kappa shape index (κ3) is 6.26. The Hall–Kier alpha value is -3.42. The first-order valence-corrected chi connectivity index (χ1v) is 14.4. The van der Waals surface area contributed by atoms with Crippen molar-refractivity contribution in [2.75, 3.05) is 24.5 Å². The molecule has 2 aliphatic heterocycles. The molecule has 1 N–H and O–H groups in total. The molecule has 0 atom stereocenters. The smallest absolute Gasteiger partial charge is 0.305 e. The van der Waals surface area contributed by atoms with Crippen LogP contribution in [0.25, 0.3) is 6.08 Å². The molecule has 4 rings (SSSR count). The quantitative estimate of drug-likeness (QED) is 0.349. The molecule has 0 spiro atoms. The summed E-state index contributed by atoms with van der Waals surface area (Å²) in [5.74, 6) is -0.104. The molecule has 204 valence electrons. The van der Waals surface area contributed by atoms with Gasteiger partial charge in [0.05, 0.1) is 11.3 Å². The molecule has 0 radical (unpaired) electrons. The fourth-order valence-corrected chi connectivity index (χ4v) is 6.53. The lowest BCUT2D eigenvalue weighted by Crippen LogP contribution is -2.40. The summed E-state index contributed by atoms with van der Waals surface area (Å²) in [6.45, 7) is 5.70. The summed E-state index contributed by atoms with van der Waals surface area (Å²) in [5, 5.41) is 18.9. The number of nitrogens with zero attached hydrogens (tertiary/aromatic N) is 4. The number of anilines is 1. The molecular formula is C29H32N4O4S2. The number of amides is 1. The predicted octanol–water partition coefficient (Wildman–Crippen LogP) is 4.57. The largest absolute Gasteiger partial charge is 0.481 e. The summed E-state index contributed by atoms with van der Waals surface area (Å²) in [7, 11) is 0. The van der Waals surface area contributed by atoms with Crippen LogP contribution < -0.4 is 10.5 Å². The van der Waals surface area contributed by atoms with E-state index >= 15 is 0 Å². The Morgan fingerprint density at radius 2 is 1.90 bits per heavy atom. The molecule has 0 aliphatic carbocycles. The van der Waals surface area contributed by atoms with Crippen LogP contribution in [-0.2, 0) is 22.6 Å². The van der Waals surface area contributed by atoms with E-state index in [1.165, 1.54) is 10.5 Å². The lowest BCUT2D eigenvalue weighted by atomic mass is 9.90. The maximum Gasteiger partial charge on any atom is 0.305 e. The number of hydrogen-bond acceptors (Lipinski definition) is 7. The lowest BCUT2D eigenvalue weighted by molar-refractivity contribution is -0.137. The number of carboxylic acid groups (broad SMARTS) is 1. The maximum atomic E-state index is 13.4. The van der Waals surface area contributed by atoms with Crippen molar-refractivity contribution >= 4 is 52.1 Å². The number of thioether (sulfide) groups is 1. The summed E-state index contributed by atoms with van der Waals surface area (Å²) in [4.78, 5) is 41.5. The summed E-state index contributed by atoms with van der Waals surface area (Å²) in [6, 6.07) is 12.5. The van der Waals surface area contributed by atoms with Gasteiger partial charge in [-0.1, -0.05) is 61.2 Å². The van der Waals surface area contributed by atoms with E-state index in [2.05, 4.69) is 35.2 Å². The van der Waals surface area contributed by atoms with E-state index in [0.29, 0.717) is 39.2 Å². The SMILES string of the molecule is CCCn1c(N2CCC(Cc3ccccc3)CC2)c(/C=C2/SC(=S)N(CCC(=O)O)C2=O)c(C)c(C#N)c1=O. The zero-order valence-electron chi connectivity index (χ0n) is 22.2. The van der Waals surface area contributed by atoms with E-state index in [-0.39, 0.29) is 30.0 Å². The van der Waals surface area contributed by atoms with Crippen molar-refractivity contribution in [3.05, 3.63) is 67.8 Å². The normalized spacial score (nSPS) is 17.2. The highest BCUT2D eigenvalue weighted by molar-refractivity contribution is 8.26. The van der Waals surface area contributed by atoms with Crippen LogP contribution in [0.2, 0.25) is 0 Å². The minimum Gasteiger partial charge on any atom is -0.481 e. The fourth-order valence-electron chi connectivity index (χ4n) is 5.24. The summed E-state index contributed by atoms with van der Waals surface area (Å²) in [5.41, 5.74) is 2.27. The number of hydrogen-bond donors (Lipinski definition) is 1. The number of aromatic nitrogens is 1. The minimum absolute atomic E-state index is 0.00309. The molecule has 39 heavy (non-hydrogen) atoms. The molecule has 1 aromatic heterocycles. The number of carboxylic acids is 1. The van der Waals surface area contributed by atoms with Crippen LogP contribution in [0.3, 0.4) is 0 Å². The van der Waals surface area contributed by atoms with Crippen molar-refractivity contribution in [3.8, 4) is 6.07 Å². The molecule has 10 heteroatoms. The number of carbonyl (C=O) groups is 2. The van der Waals surface area contributed by atoms with E-state index in [1.807, 2.05) is 13.0 Å². The Labute approximate surface area is 237 Å². The van der Waals surface area contributed by atoms with Gasteiger partial charge >= 0.3 is 5.97 Å². The van der Waals surface area contributed by atoms with Crippen LogP contribution in [0.4, 0.5) is 5.82 Å². The highest BCUT2D eigenvalue weighted by Crippen LogP contribution is 2.37. The van der Waals surface area contributed by atoms with Crippen molar-refractivity contribution < 1.29 is 14.7 Å². The van der Waals surface area contributed by atoms with Crippen LogP contribution >= 0.6 is 24.0 Å². The second-order valence-electron chi connectivity index (χ2n) is 9.90. The molecular weight excluding hydrogens is 532 g/mol. The fraction of sp³-hybridized carbons (Fsp3) is 0.414. The molecule has 8 nitrogen and oxygen atoms in total. The van der Waals surface area contributed by atoms with E-state index in [1.54, 1.807) is 17.6 Å². The van der Waals surface area contributed by atoms with Gasteiger partial charge in [0.25, 0.3) is 11.5 Å². The molecule has 0 bridgehead atoms. The molecule has 3 heterocycles. The van der Waals surface area contributed by atoms with Gasteiger partial charge < -0.3 is 10.0 Å². The molecule has 1 aromatic carbocycles. The van der Waals surface area contributed by atoms with E-state index in [0.717, 1.165) is 49.9 Å². The third-order valence-corrected chi connectivity index (χ3v) is 8.65. The zero-order chi connectivity index (χ0) is 28.1. The number of thiocarbonyl (C=S) groups is 1. The highest BCUT2D eigenvalue weighted by Gasteiger charge is 2.34. The number of rotatable bonds is 9. The summed E-state index contributed by atoms with van der Waals surface area (Å²) >= 11 is 6.49. The van der Waals surface area contributed by atoms with Crippen molar-refractivity contribution in [1.29, 1.82) is 5.26 Å². The van der Waals surface area contributed by atoms with Crippen molar-refractivity contribution in [2.24, 2.45) is 5.92 Å².